The lowest BCUT2D eigenvalue weighted by atomic mass is 10.0. The lowest BCUT2D eigenvalue weighted by Crippen LogP contribution is -2.47. The van der Waals surface area contributed by atoms with Crippen molar-refractivity contribution in [1.82, 2.24) is 20.4 Å². The van der Waals surface area contributed by atoms with Crippen molar-refractivity contribution in [3.8, 4) is 5.75 Å². The number of likely N-dealkylation sites (tertiary alicyclic amines) is 1. The first-order chi connectivity index (χ1) is 13.6. The largest absolute Gasteiger partial charge is 0.496 e. The van der Waals surface area contributed by atoms with Gasteiger partial charge in [0.25, 0.3) is 0 Å². The first-order valence-electron chi connectivity index (χ1n) is 10.6. The van der Waals surface area contributed by atoms with E-state index in [0.717, 1.165) is 43.8 Å². The highest BCUT2D eigenvalue weighted by Crippen LogP contribution is 2.34. The van der Waals surface area contributed by atoms with Gasteiger partial charge in [0.05, 0.1) is 13.2 Å². The molecule has 2 unspecified atom stereocenters. The van der Waals surface area contributed by atoms with Crippen LogP contribution in [0.3, 0.4) is 0 Å². The van der Waals surface area contributed by atoms with Gasteiger partial charge in [-0.15, -0.1) is 0 Å². The monoisotopic (exact) mass is 387 g/mol. The van der Waals surface area contributed by atoms with E-state index in [2.05, 4.69) is 57.7 Å². The summed E-state index contributed by atoms with van der Waals surface area (Å²) in [7, 11) is 7.95. The fraction of sp³-hybridized carbons (Fsp3) is 0.682. The number of aliphatic imine (C=N–C) groups is 1. The Kier molecular flexibility index (Phi) is 7.57. The summed E-state index contributed by atoms with van der Waals surface area (Å²) in [6.07, 6.45) is 5.23. The average molecular weight is 388 g/mol. The highest BCUT2D eigenvalue weighted by molar-refractivity contribution is 5.79. The van der Waals surface area contributed by atoms with E-state index in [1.165, 1.54) is 31.2 Å². The van der Waals surface area contributed by atoms with Gasteiger partial charge in [0.1, 0.15) is 5.75 Å². The van der Waals surface area contributed by atoms with Crippen LogP contribution >= 0.6 is 0 Å². The van der Waals surface area contributed by atoms with E-state index in [0.29, 0.717) is 6.04 Å². The molecule has 1 aromatic carbocycles. The predicted molar refractivity (Wildman–Crippen MR) is 116 cm³/mol. The molecule has 28 heavy (non-hydrogen) atoms. The molecule has 2 atom stereocenters. The van der Waals surface area contributed by atoms with Gasteiger partial charge >= 0.3 is 0 Å². The van der Waals surface area contributed by atoms with E-state index in [1.54, 1.807) is 7.11 Å². The van der Waals surface area contributed by atoms with Gasteiger partial charge < -0.3 is 20.3 Å². The maximum absolute atomic E-state index is 5.65. The van der Waals surface area contributed by atoms with Gasteiger partial charge in [-0.2, -0.15) is 0 Å². The minimum atomic E-state index is 0.283. The molecule has 1 saturated carbocycles. The summed E-state index contributed by atoms with van der Waals surface area (Å²) < 4.78 is 5.65. The highest BCUT2D eigenvalue weighted by Gasteiger charge is 2.32. The first kappa shape index (κ1) is 20.9. The van der Waals surface area contributed by atoms with Crippen LogP contribution < -0.4 is 15.4 Å². The molecule has 1 saturated heterocycles. The standard InChI is InChI=1S/C22H37N5O/c1-23-22(24-15-19(26(2)3)17-11-12-17)25-16-20(27-13-7-8-14-27)18-9-5-6-10-21(18)28-4/h5-6,9-10,17,19-20H,7-8,11-16H2,1-4H3,(H2,23,24,25). The van der Waals surface area contributed by atoms with Crippen LogP contribution in [0.25, 0.3) is 0 Å². The number of benzene rings is 1. The van der Waals surface area contributed by atoms with E-state index in [1.807, 2.05) is 13.1 Å². The lowest BCUT2D eigenvalue weighted by Gasteiger charge is -2.30. The number of nitrogens with one attached hydrogen (secondary N) is 2. The molecule has 6 heteroatoms. The summed E-state index contributed by atoms with van der Waals surface area (Å²) in [5.74, 6) is 2.67. The summed E-state index contributed by atoms with van der Waals surface area (Å²) in [6, 6.07) is 9.24. The fourth-order valence-corrected chi connectivity index (χ4v) is 4.30. The molecule has 1 aliphatic heterocycles. The molecule has 2 N–H and O–H groups in total. The number of hydrogen-bond acceptors (Lipinski definition) is 4. The minimum absolute atomic E-state index is 0.283. The summed E-state index contributed by atoms with van der Waals surface area (Å²) in [5, 5.41) is 7.12. The third-order valence-corrected chi connectivity index (χ3v) is 6.07. The molecular formula is C22H37N5O. The number of hydrogen-bond donors (Lipinski definition) is 2. The van der Waals surface area contributed by atoms with Crippen molar-refractivity contribution >= 4 is 5.96 Å². The van der Waals surface area contributed by atoms with Gasteiger partial charge in [0.2, 0.25) is 0 Å². The summed E-state index contributed by atoms with van der Waals surface area (Å²) in [6.45, 7) is 4.03. The molecular weight excluding hydrogens is 350 g/mol. The second kappa shape index (κ2) is 10.1. The molecule has 1 aromatic rings. The predicted octanol–water partition coefficient (Wildman–Crippen LogP) is 2.34. The van der Waals surface area contributed by atoms with Crippen LogP contribution in [0.4, 0.5) is 0 Å². The molecule has 6 nitrogen and oxygen atoms in total. The minimum Gasteiger partial charge on any atom is -0.496 e. The quantitative estimate of drug-likeness (QED) is 0.503. The van der Waals surface area contributed by atoms with Crippen molar-refractivity contribution in [3.05, 3.63) is 29.8 Å². The van der Waals surface area contributed by atoms with E-state index in [9.17, 15) is 0 Å². The highest BCUT2D eigenvalue weighted by atomic mass is 16.5. The van der Waals surface area contributed by atoms with Gasteiger partial charge in [-0.3, -0.25) is 9.89 Å². The van der Waals surface area contributed by atoms with Crippen LogP contribution in [0.5, 0.6) is 5.75 Å². The maximum atomic E-state index is 5.65. The SMILES string of the molecule is CN=C(NCC(C1CC1)N(C)C)NCC(c1ccccc1OC)N1CCCC1. The normalized spacial score (nSPS) is 20.2. The van der Waals surface area contributed by atoms with Crippen molar-refractivity contribution in [2.24, 2.45) is 10.9 Å². The fourth-order valence-electron chi connectivity index (χ4n) is 4.30. The number of methoxy groups -OCH3 is 1. The Bertz CT molecular complexity index is 636. The Morgan fingerprint density at radius 1 is 1.18 bits per heavy atom. The van der Waals surface area contributed by atoms with Crippen molar-refractivity contribution < 1.29 is 4.74 Å². The average Bonchev–Trinajstić information content (AvgIpc) is 3.40. The molecule has 156 valence electrons. The van der Waals surface area contributed by atoms with Gasteiger partial charge in [0, 0.05) is 31.7 Å². The van der Waals surface area contributed by atoms with Gasteiger partial charge in [-0.1, -0.05) is 18.2 Å². The van der Waals surface area contributed by atoms with E-state index < -0.39 is 0 Å². The van der Waals surface area contributed by atoms with Crippen molar-refractivity contribution in [2.45, 2.75) is 37.8 Å². The second-order valence-corrected chi connectivity index (χ2v) is 8.20. The Morgan fingerprint density at radius 2 is 1.86 bits per heavy atom. The van der Waals surface area contributed by atoms with Crippen LogP contribution in [0.1, 0.15) is 37.3 Å². The number of guanidine groups is 1. The second-order valence-electron chi connectivity index (χ2n) is 8.20. The molecule has 1 aliphatic carbocycles. The summed E-state index contributed by atoms with van der Waals surface area (Å²) in [4.78, 5) is 9.35. The van der Waals surface area contributed by atoms with Crippen LogP contribution in [0.15, 0.2) is 29.3 Å². The number of likely N-dealkylation sites (N-methyl/N-ethyl adjacent to an activating group) is 1. The Balaban J connectivity index is 1.63. The maximum Gasteiger partial charge on any atom is 0.191 e. The molecule has 1 heterocycles. The first-order valence-corrected chi connectivity index (χ1v) is 10.6. The summed E-state index contributed by atoms with van der Waals surface area (Å²) in [5.41, 5.74) is 1.25. The number of nitrogens with zero attached hydrogens (tertiary/aromatic N) is 3. The van der Waals surface area contributed by atoms with Crippen LogP contribution in [0, 0.1) is 5.92 Å². The zero-order valence-electron chi connectivity index (χ0n) is 17.9. The smallest absolute Gasteiger partial charge is 0.191 e. The van der Waals surface area contributed by atoms with Crippen LogP contribution in [0.2, 0.25) is 0 Å². The molecule has 0 bridgehead atoms. The van der Waals surface area contributed by atoms with Crippen LogP contribution in [-0.4, -0.2) is 76.2 Å². The number of ether oxygens (including phenoxy) is 1. The Morgan fingerprint density at radius 3 is 2.46 bits per heavy atom. The van der Waals surface area contributed by atoms with E-state index in [-0.39, 0.29) is 6.04 Å². The van der Waals surface area contributed by atoms with Gasteiger partial charge in [-0.25, -0.2) is 0 Å². The molecule has 3 rings (SSSR count). The summed E-state index contributed by atoms with van der Waals surface area (Å²) >= 11 is 0. The van der Waals surface area contributed by atoms with Crippen molar-refractivity contribution in [1.29, 1.82) is 0 Å². The van der Waals surface area contributed by atoms with Gasteiger partial charge in [0.15, 0.2) is 5.96 Å². The topological polar surface area (TPSA) is 52.1 Å². The molecule has 0 amide bonds. The van der Waals surface area contributed by atoms with Gasteiger partial charge in [-0.05, 0) is 64.9 Å². The zero-order chi connectivity index (χ0) is 19.9. The van der Waals surface area contributed by atoms with Crippen LogP contribution in [-0.2, 0) is 0 Å². The molecule has 2 fully saturated rings. The Hall–Kier alpha value is -1.79. The molecule has 2 aliphatic rings. The molecule has 0 spiro atoms. The van der Waals surface area contributed by atoms with E-state index in [4.69, 9.17) is 4.74 Å². The molecule has 0 radical (unpaired) electrons. The number of para-hydroxylation sites is 1. The van der Waals surface area contributed by atoms with E-state index >= 15 is 0 Å². The van der Waals surface area contributed by atoms with Crippen molar-refractivity contribution in [2.75, 3.05) is 54.4 Å². The third-order valence-electron chi connectivity index (χ3n) is 6.07. The number of rotatable bonds is 9. The molecule has 0 aromatic heterocycles. The Labute approximate surface area is 170 Å². The third kappa shape index (κ3) is 5.39. The zero-order valence-corrected chi connectivity index (χ0v) is 17.9. The lowest BCUT2D eigenvalue weighted by molar-refractivity contribution is 0.238. The van der Waals surface area contributed by atoms with Crippen molar-refractivity contribution in [3.63, 3.8) is 0 Å².